The van der Waals surface area contributed by atoms with Crippen molar-refractivity contribution in [1.82, 2.24) is 0 Å². The third-order valence-electron chi connectivity index (χ3n) is 1.72. The fourth-order valence-electron chi connectivity index (χ4n) is 0.776. The molecular weight excluding hydrogens is 240 g/mol. The van der Waals surface area contributed by atoms with Crippen LogP contribution in [0.4, 0.5) is 0 Å². The molecule has 0 bridgehead atoms. The summed E-state index contributed by atoms with van der Waals surface area (Å²) in [4.78, 5) is 0. The summed E-state index contributed by atoms with van der Waals surface area (Å²) in [6.45, 7) is 4.65. The van der Waals surface area contributed by atoms with Gasteiger partial charge in [0.1, 0.15) is 6.26 Å². The second-order valence-electron chi connectivity index (χ2n) is 2.70. The van der Waals surface area contributed by atoms with E-state index in [2.05, 4.69) is 0 Å². The highest BCUT2D eigenvalue weighted by Crippen LogP contribution is 2.16. The molecule has 5 nitrogen and oxygen atoms in total. The van der Waals surface area contributed by atoms with Gasteiger partial charge in [0, 0.05) is 0 Å². The van der Waals surface area contributed by atoms with Gasteiger partial charge >= 0.3 is 0 Å². The molecule has 7 heteroatoms. The van der Waals surface area contributed by atoms with E-state index in [1.165, 1.54) is 13.8 Å². The predicted molar refractivity (Wildman–Crippen MR) is 58.6 cm³/mol. The Bertz CT molecular complexity index is 380. The summed E-state index contributed by atoms with van der Waals surface area (Å²) in [6.07, 6.45) is 0.817. The largest absolute Gasteiger partial charge is 0.499 e. The van der Waals surface area contributed by atoms with Crippen LogP contribution < -0.4 is 0 Å². The first-order valence-electron chi connectivity index (χ1n) is 4.59. The molecule has 0 spiro atoms. The topological polar surface area (TPSA) is 77.5 Å². The molecule has 0 aliphatic rings. The Balaban J connectivity index is 5.48. The van der Waals surface area contributed by atoms with Crippen LogP contribution >= 0.6 is 0 Å². The van der Waals surface area contributed by atoms with E-state index >= 15 is 0 Å². The molecule has 0 radical (unpaired) electrons. The van der Waals surface area contributed by atoms with E-state index in [1.54, 1.807) is 6.92 Å². The number of hydrogen-bond donors (Lipinski definition) is 0. The van der Waals surface area contributed by atoms with Crippen LogP contribution in [0.25, 0.3) is 0 Å². The van der Waals surface area contributed by atoms with Crippen LogP contribution in [0.1, 0.15) is 20.8 Å². The summed E-state index contributed by atoms with van der Waals surface area (Å²) < 4.78 is 50.1. The molecule has 0 N–H and O–H groups in total. The Labute approximate surface area is 91.0 Å². The standard InChI is InChI=1S/C8H16O5S2/c1-4-13-7-8(14(9,10)5-2)15(11,12)6-3/h7H,4-6H2,1-3H3. The zero-order chi connectivity index (χ0) is 12.1. The molecular formula is C8H16O5S2. The molecule has 0 aliphatic carbocycles. The van der Waals surface area contributed by atoms with Gasteiger partial charge in [-0.2, -0.15) is 0 Å². The average Bonchev–Trinajstić information content (AvgIpc) is 2.18. The van der Waals surface area contributed by atoms with Gasteiger partial charge in [-0.25, -0.2) is 16.8 Å². The third-order valence-corrected chi connectivity index (χ3v) is 6.18. The minimum absolute atomic E-state index is 0.224. The maximum absolute atomic E-state index is 11.5. The maximum Gasteiger partial charge on any atom is 0.193 e. The van der Waals surface area contributed by atoms with E-state index in [9.17, 15) is 16.8 Å². The van der Waals surface area contributed by atoms with Crippen LogP contribution in [-0.2, 0) is 24.4 Å². The number of rotatable bonds is 6. The lowest BCUT2D eigenvalue weighted by atomic mass is 10.9. The summed E-state index contributed by atoms with van der Waals surface area (Å²) in [6, 6.07) is 0. The maximum atomic E-state index is 11.5. The molecule has 0 unspecified atom stereocenters. The molecule has 0 rings (SSSR count). The number of ether oxygens (including phenoxy) is 1. The van der Waals surface area contributed by atoms with Crippen molar-refractivity contribution in [3.05, 3.63) is 10.5 Å². The summed E-state index contributed by atoms with van der Waals surface area (Å²) in [7, 11) is -7.51. The van der Waals surface area contributed by atoms with Gasteiger partial charge in [-0.1, -0.05) is 13.8 Å². The molecule has 0 aromatic rings. The SMILES string of the molecule is CCOC=C(S(=O)(=O)CC)S(=O)(=O)CC. The first kappa shape index (κ1) is 14.4. The molecule has 0 aliphatic heterocycles. The van der Waals surface area contributed by atoms with Crippen LogP contribution in [0.3, 0.4) is 0 Å². The molecule has 0 aromatic heterocycles. The van der Waals surface area contributed by atoms with E-state index < -0.39 is 23.9 Å². The fourth-order valence-corrected chi connectivity index (χ4v) is 4.03. The van der Waals surface area contributed by atoms with Crippen molar-refractivity contribution >= 4 is 19.7 Å². The van der Waals surface area contributed by atoms with Gasteiger partial charge in [0.05, 0.1) is 18.1 Å². The summed E-state index contributed by atoms with van der Waals surface area (Å²) in [5.74, 6) is -0.518. The molecule has 0 amide bonds. The smallest absolute Gasteiger partial charge is 0.193 e. The lowest BCUT2D eigenvalue weighted by Crippen LogP contribution is -2.18. The van der Waals surface area contributed by atoms with Gasteiger partial charge in [0.15, 0.2) is 23.9 Å². The van der Waals surface area contributed by atoms with E-state index in [-0.39, 0.29) is 18.1 Å². The summed E-state index contributed by atoms with van der Waals surface area (Å²) in [5.41, 5.74) is 0. The Morgan fingerprint density at radius 3 is 1.67 bits per heavy atom. The fraction of sp³-hybridized carbons (Fsp3) is 0.750. The van der Waals surface area contributed by atoms with Crippen LogP contribution in [0.15, 0.2) is 10.5 Å². The second kappa shape index (κ2) is 5.50. The summed E-state index contributed by atoms with van der Waals surface area (Å²) >= 11 is 0. The quantitative estimate of drug-likeness (QED) is 0.653. The predicted octanol–water partition coefficient (Wildman–Crippen LogP) is 0.691. The molecule has 15 heavy (non-hydrogen) atoms. The van der Waals surface area contributed by atoms with Gasteiger partial charge in [-0.15, -0.1) is 0 Å². The van der Waals surface area contributed by atoms with Crippen molar-refractivity contribution in [2.24, 2.45) is 0 Å². The van der Waals surface area contributed by atoms with Gasteiger partial charge in [-0.3, -0.25) is 0 Å². The van der Waals surface area contributed by atoms with E-state index in [0.717, 1.165) is 6.26 Å². The highest BCUT2D eigenvalue weighted by atomic mass is 32.3. The molecule has 0 saturated heterocycles. The van der Waals surface area contributed by atoms with Gasteiger partial charge in [0.2, 0.25) is 0 Å². The molecule has 0 atom stereocenters. The van der Waals surface area contributed by atoms with Crippen molar-refractivity contribution in [1.29, 1.82) is 0 Å². The van der Waals surface area contributed by atoms with Gasteiger partial charge < -0.3 is 4.74 Å². The normalized spacial score (nSPS) is 12.2. The number of hydrogen-bond acceptors (Lipinski definition) is 5. The Kier molecular flexibility index (Phi) is 5.30. The second-order valence-corrected chi connectivity index (χ2v) is 7.45. The molecule has 0 aromatic carbocycles. The van der Waals surface area contributed by atoms with Crippen molar-refractivity contribution in [2.75, 3.05) is 18.1 Å². The van der Waals surface area contributed by atoms with Crippen LogP contribution in [0, 0.1) is 0 Å². The minimum atomic E-state index is -3.75. The van der Waals surface area contributed by atoms with Crippen molar-refractivity contribution in [3.63, 3.8) is 0 Å². The molecule has 0 saturated carbocycles. The molecule has 0 heterocycles. The lowest BCUT2D eigenvalue weighted by molar-refractivity contribution is 0.269. The highest BCUT2D eigenvalue weighted by molar-refractivity contribution is 8.14. The van der Waals surface area contributed by atoms with E-state index in [1.807, 2.05) is 0 Å². The van der Waals surface area contributed by atoms with Crippen LogP contribution in [0.5, 0.6) is 0 Å². The Morgan fingerprint density at radius 2 is 1.40 bits per heavy atom. The Morgan fingerprint density at radius 1 is 1.00 bits per heavy atom. The van der Waals surface area contributed by atoms with Gasteiger partial charge in [-0.05, 0) is 6.92 Å². The van der Waals surface area contributed by atoms with Gasteiger partial charge in [0.25, 0.3) is 0 Å². The minimum Gasteiger partial charge on any atom is -0.499 e. The Hall–Kier alpha value is -0.560. The van der Waals surface area contributed by atoms with E-state index in [4.69, 9.17) is 4.74 Å². The lowest BCUT2D eigenvalue weighted by Gasteiger charge is -2.06. The molecule has 90 valence electrons. The van der Waals surface area contributed by atoms with Crippen molar-refractivity contribution in [3.8, 4) is 0 Å². The van der Waals surface area contributed by atoms with Crippen LogP contribution in [-0.4, -0.2) is 34.9 Å². The summed E-state index contributed by atoms with van der Waals surface area (Å²) in [5, 5.41) is 0. The van der Waals surface area contributed by atoms with E-state index in [0.29, 0.717) is 0 Å². The van der Waals surface area contributed by atoms with Crippen LogP contribution in [0.2, 0.25) is 0 Å². The monoisotopic (exact) mass is 256 g/mol. The average molecular weight is 256 g/mol. The zero-order valence-electron chi connectivity index (χ0n) is 9.06. The first-order chi connectivity index (χ1) is 6.81. The highest BCUT2D eigenvalue weighted by Gasteiger charge is 2.28. The third kappa shape index (κ3) is 3.83. The number of sulfone groups is 2. The molecule has 0 fully saturated rings. The zero-order valence-corrected chi connectivity index (χ0v) is 10.7. The van der Waals surface area contributed by atoms with Crippen molar-refractivity contribution in [2.45, 2.75) is 20.8 Å². The van der Waals surface area contributed by atoms with Crippen molar-refractivity contribution < 1.29 is 21.6 Å². The first-order valence-corrected chi connectivity index (χ1v) is 7.89.